The zero-order chi connectivity index (χ0) is 6.97. The number of aliphatic imine (C=N–C) groups is 1. The minimum absolute atomic E-state index is 0.362. The van der Waals surface area contributed by atoms with E-state index in [9.17, 15) is 4.39 Å². The molecule has 10 heavy (non-hydrogen) atoms. The Morgan fingerprint density at radius 3 is 3.50 bits per heavy atom. The number of nitrogens with zero attached hydrogens (tertiary/aromatic N) is 1. The van der Waals surface area contributed by atoms with E-state index >= 15 is 0 Å². The Bertz CT molecular complexity index is 242. The number of allylic oxidation sites excluding steroid dienone is 2. The quantitative estimate of drug-likeness (QED) is 0.559. The Hall–Kier alpha value is -0.121. The molecule has 0 aromatic rings. The van der Waals surface area contributed by atoms with E-state index in [4.69, 9.17) is 0 Å². The van der Waals surface area contributed by atoms with Gasteiger partial charge in [-0.25, -0.2) is 0 Å². The molecular formula is C7H6FNSn. The molecule has 0 saturated carbocycles. The van der Waals surface area contributed by atoms with Crippen molar-refractivity contribution in [2.45, 2.75) is 6.17 Å². The van der Waals surface area contributed by atoms with Crippen LogP contribution in [0.25, 0.3) is 0 Å². The van der Waals surface area contributed by atoms with Gasteiger partial charge >= 0.3 is 68.8 Å². The van der Waals surface area contributed by atoms with Gasteiger partial charge < -0.3 is 0 Å². The van der Waals surface area contributed by atoms with E-state index < -0.39 is 27.3 Å². The molecule has 3 heteroatoms. The first-order valence-electron chi connectivity index (χ1n) is 3.20. The molecule has 0 saturated heterocycles. The molecule has 0 spiro atoms. The van der Waals surface area contributed by atoms with Crippen molar-refractivity contribution in [1.29, 1.82) is 0 Å². The van der Waals surface area contributed by atoms with Crippen LogP contribution >= 0.6 is 0 Å². The molecule has 0 amide bonds. The molecule has 0 aromatic carbocycles. The van der Waals surface area contributed by atoms with Crippen molar-refractivity contribution >= 4 is 24.9 Å². The first kappa shape index (κ1) is 6.58. The molecule has 2 radical (unpaired) electrons. The van der Waals surface area contributed by atoms with Crippen LogP contribution in [0.1, 0.15) is 0 Å². The van der Waals surface area contributed by atoms with Gasteiger partial charge in [0, 0.05) is 0 Å². The van der Waals surface area contributed by atoms with Gasteiger partial charge in [0.25, 0.3) is 0 Å². The normalized spacial score (nSPS) is 29.5. The average Bonchev–Trinajstić information content (AvgIpc) is 2.33. The van der Waals surface area contributed by atoms with Gasteiger partial charge in [-0.2, -0.15) is 0 Å². The van der Waals surface area contributed by atoms with Gasteiger partial charge in [-0.1, -0.05) is 0 Å². The number of fused-ring (bicyclic) bond motifs is 1. The van der Waals surface area contributed by atoms with Gasteiger partial charge in [-0.15, -0.1) is 0 Å². The third kappa shape index (κ3) is 1.05. The Labute approximate surface area is 68.9 Å². The van der Waals surface area contributed by atoms with Crippen LogP contribution in [0.15, 0.2) is 26.8 Å². The van der Waals surface area contributed by atoms with E-state index in [0.717, 1.165) is 5.57 Å². The Balaban J connectivity index is 2.33. The molecule has 0 bridgehead atoms. The summed E-state index contributed by atoms with van der Waals surface area (Å²) in [6.07, 6.45) is 2.87. The van der Waals surface area contributed by atoms with Gasteiger partial charge in [0.1, 0.15) is 0 Å². The first-order chi connectivity index (χ1) is 4.86. The second-order valence-corrected chi connectivity index (χ2v) is 5.43. The van der Waals surface area contributed by atoms with Crippen molar-refractivity contribution in [2.24, 2.45) is 4.99 Å². The standard InChI is InChI=1S/C7H6FN.Sn/c1-2-6-3-7(8)5-9-4-6;/h1-3,7H,5H2;. The number of halogens is 1. The molecule has 0 N–H and O–H groups in total. The Morgan fingerprint density at radius 1 is 1.70 bits per heavy atom. The summed E-state index contributed by atoms with van der Waals surface area (Å²) in [6.45, 7) is 0.362. The maximum absolute atomic E-state index is 12.6. The van der Waals surface area contributed by atoms with E-state index in [1.165, 1.54) is 3.73 Å². The zero-order valence-electron chi connectivity index (χ0n) is 5.34. The Kier molecular flexibility index (Phi) is 1.64. The zero-order valence-corrected chi connectivity index (χ0v) is 8.20. The summed E-state index contributed by atoms with van der Waals surface area (Å²) in [7, 11) is 0. The van der Waals surface area contributed by atoms with Gasteiger partial charge in [0.15, 0.2) is 0 Å². The molecule has 2 aliphatic heterocycles. The van der Waals surface area contributed by atoms with Gasteiger partial charge in [0.05, 0.1) is 0 Å². The van der Waals surface area contributed by atoms with Crippen molar-refractivity contribution in [3.8, 4) is 0 Å². The van der Waals surface area contributed by atoms with Crippen LogP contribution in [0, 0.1) is 0 Å². The summed E-state index contributed by atoms with van der Waals surface area (Å²) in [5, 5.41) is 0. The number of hydrogen-bond acceptors (Lipinski definition) is 1. The predicted octanol–water partition coefficient (Wildman–Crippen LogP) is 0.894. The van der Waals surface area contributed by atoms with E-state index in [0.29, 0.717) is 6.54 Å². The van der Waals surface area contributed by atoms with Crippen LogP contribution in [0.4, 0.5) is 4.39 Å². The fourth-order valence-corrected chi connectivity index (χ4v) is 3.74. The molecule has 0 aliphatic carbocycles. The molecular weight excluding hydrogens is 236 g/mol. The summed E-state index contributed by atoms with van der Waals surface area (Å²) in [4.78, 5) is 4.16. The van der Waals surface area contributed by atoms with Gasteiger partial charge in [-0.3, -0.25) is 0 Å². The van der Waals surface area contributed by atoms with E-state index in [2.05, 4.69) is 9.08 Å². The van der Waals surface area contributed by atoms with Gasteiger partial charge in [-0.05, 0) is 0 Å². The second-order valence-electron chi connectivity index (χ2n) is 2.30. The molecule has 2 aliphatic rings. The second kappa shape index (κ2) is 2.49. The molecule has 0 aromatic heterocycles. The van der Waals surface area contributed by atoms with Crippen LogP contribution in [0.3, 0.4) is 0 Å². The maximum atomic E-state index is 12.6. The molecule has 1 nitrogen and oxygen atoms in total. The molecule has 2 rings (SSSR count). The minimum atomic E-state index is -0.833. The van der Waals surface area contributed by atoms with Crippen LogP contribution in [-0.4, -0.2) is 37.6 Å². The number of rotatable bonds is 0. The topological polar surface area (TPSA) is 12.4 Å². The SMILES string of the molecule is FC1C=C2C=[CH][Sn][C]2=NC1. The number of dihydropyridines is 1. The van der Waals surface area contributed by atoms with Crippen LogP contribution < -0.4 is 0 Å². The third-order valence-electron chi connectivity index (χ3n) is 1.54. The average molecular weight is 242 g/mol. The van der Waals surface area contributed by atoms with Gasteiger partial charge in [0.2, 0.25) is 0 Å². The number of hydrogen-bond donors (Lipinski definition) is 0. The summed E-state index contributed by atoms with van der Waals surface area (Å²) in [6, 6.07) is 0. The van der Waals surface area contributed by atoms with E-state index in [1.54, 1.807) is 6.08 Å². The van der Waals surface area contributed by atoms with Crippen LogP contribution in [-0.2, 0) is 0 Å². The molecule has 1 unspecified atom stereocenters. The molecule has 50 valence electrons. The number of alkyl halides is 1. The third-order valence-corrected chi connectivity index (χ3v) is 4.55. The monoisotopic (exact) mass is 243 g/mol. The van der Waals surface area contributed by atoms with Crippen molar-refractivity contribution < 1.29 is 4.39 Å². The summed E-state index contributed by atoms with van der Waals surface area (Å²) >= 11 is -0.490. The summed E-state index contributed by atoms with van der Waals surface area (Å²) in [5.74, 6) is 0. The first-order valence-corrected chi connectivity index (χ1v) is 6.27. The Morgan fingerprint density at radius 2 is 2.60 bits per heavy atom. The van der Waals surface area contributed by atoms with E-state index in [-0.39, 0.29) is 0 Å². The fourth-order valence-electron chi connectivity index (χ4n) is 1.07. The summed E-state index contributed by atoms with van der Waals surface area (Å²) < 4.78 is 16.0. The van der Waals surface area contributed by atoms with Crippen LogP contribution in [0.5, 0.6) is 0 Å². The predicted molar refractivity (Wildman–Crippen MR) is 40.2 cm³/mol. The summed E-state index contributed by atoms with van der Waals surface area (Å²) in [5.41, 5.74) is 1.06. The van der Waals surface area contributed by atoms with Crippen molar-refractivity contribution in [3.63, 3.8) is 0 Å². The van der Waals surface area contributed by atoms with Crippen molar-refractivity contribution in [1.82, 2.24) is 0 Å². The molecule has 1 atom stereocenters. The van der Waals surface area contributed by atoms with E-state index in [1.807, 2.05) is 6.08 Å². The van der Waals surface area contributed by atoms with Crippen molar-refractivity contribution in [3.05, 3.63) is 21.8 Å². The molecule has 2 heterocycles. The van der Waals surface area contributed by atoms with Crippen LogP contribution in [0.2, 0.25) is 0 Å². The van der Waals surface area contributed by atoms with Crippen molar-refractivity contribution in [2.75, 3.05) is 6.54 Å². The fraction of sp³-hybridized carbons (Fsp3) is 0.286. The molecule has 0 fully saturated rings.